The van der Waals surface area contributed by atoms with Gasteiger partial charge < -0.3 is 10.5 Å². The normalized spacial score (nSPS) is 13.9. The average Bonchev–Trinajstić information content (AvgIpc) is 2.51. The van der Waals surface area contributed by atoms with Crippen LogP contribution in [-0.2, 0) is 27.1 Å². The Morgan fingerprint density at radius 2 is 2.17 bits per heavy atom. The van der Waals surface area contributed by atoms with E-state index in [1.54, 1.807) is 39.2 Å². The van der Waals surface area contributed by atoms with Crippen molar-refractivity contribution >= 4 is 50.4 Å². The lowest BCUT2D eigenvalue weighted by Gasteiger charge is -2.13. The van der Waals surface area contributed by atoms with Crippen LogP contribution in [0.1, 0.15) is 12.5 Å². The number of hydrogen-bond donors (Lipinski definition) is 1. The molecule has 1 unspecified atom stereocenters. The van der Waals surface area contributed by atoms with Crippen LogP contribution in [0.15, 0.2) is 38.8 Å². The zero-order valence-corrected chi connectivity index (χ0v) is 16.7. The van der Waals surface area contributed by atoms with Gasteiger partial charge >= 0.3 is 5.97 Å². The molecule has 2 N–H and O–H groups in total. The maximum absolute atomic E-state index is 12.1. The first-order valence-electron chi connectivity index (χ1n) is 7.00. The van der Waals surface area contributed by atoms with Crippen molar-refractivity contribution in [3.8, 4) is 0 Å². The third kappa shape index (κ3) is 6.01. The van der Waals surface area contributed by atoms with Gasteiger partial charge in [-0.05, 0) is 30.7 Å². The minimum Gasteiger partial charge on any atom is -0.462 e. The van der Waals surface area contributed by atoms with Crippen LogP contribution >= 0.6 is 27.5 Å². The molecule has 0 aliphatic carbocycles. The predicted octanol–water partition coefficient (Wildman–Crippen LogP) is 2.63. The second kappa shape index (κ2) is 9.93. The summed E-state index contributed by atoms with van der Waals surface area (Å²) in [7, 11) is 3.22. The Kier molecular flexibility index (Phi) is 8.61. The first kappa shape index (κ1) is 20.8. The highest BCUT2D eigenvalue weighted by Crippen LogP contribution is 2.23. The fourth-order valence-electron chi connectivity index (χ4n) is 1.70. The van der Waals surface area contributed by atoms with Crippen molar-refractivity contribution in [2.45, 2.75) is 13.3 Å². The first-order valence-corrected chi connectivity index (χ1v) is 9.23. The Morgan fingerprint density at radius 1 is 1.50 bits per heavy atom. The van der Waals surface area contributed by atoms with Gasteiger partial charge in [-0.3, -0.25) is 0 Å². The van der Waals surface area contributed by atoms with Crippen molar-refractivity contribution in [3.63, 3.8) is 0 Å². The summed E-state index contributed by atoms with van der Waals surface area (Å²) in [6.45, 7) is 1.88. The van der Waals surface area contributed by atoms with Crippen LogP contribution in [0.3, 0.4) is 0 Å². The van der Waals surface area contributed by atoms with E-state index in [1.165, 1.54) is 4.31 Å². The van der Waals surface area contributed by atoms with Crippen LogP contribution in [0.5, 0.6) is 0 Å². The van der Waals surface area contributed by atoms with E-state index in [1.807, 2.05) is 0 Å². The molecule has 0 amide bonds. The molecule has 9 heteroatoms. The fraction of sp³-hybridized carbons (Fsp3) is 0.333. The zero-order chi connectivity index (χ0) is 18.3. The van der Waals surface area contributed by atoms with E-state index in [-0.39, 0.29) is 24.3 Å². The minimum atomic E-state index is -1.67. The number of esters is 1. The number of halogens is 2. The Labute approximate surface area is 157 Å². The minimum absolute atomic E-state index is 0.0584. The third-order valence-electron chi connectivity index (χ3n) is 2.84. The molecule has 1 atom stereocenters. The van der Waals surface area contributed by atoms with Gasteiger partial charge in [0.15, 0.2) is 0 Å². The molecule has 132 valence electrons. The molecular formula is C15H19BrClN3O3S. The summed E-state index contributed by atoms with van der Waals surface area (Å²) in [6, 6.07) is 5.32. The summed E-state index contributed by atoms with van der Waals surface area (Å²) in [5.41, 5.74) is 6.59. The van der Waals surface area contributed by atoms with Crippen LogP contribution in [-0.4, -0.2) is 40.9 Å². The monoisotopic (exact) mass is 435 g/mol. The van der Waals surface area contributed by atoms with Crippen LogP contribution in [0.2, 0.25) is 5.02 Å². The van der Waals surface area contributed by atoms with Gasteiger partial charge in [0.1, 0.15) is 0 Å². The third-order valence-corrected chi connectivity index (χ3v) is 4.70. The van der Waals surface area contributed by atoms with E-state index in [2.05, 4.69) is 20.3 Å². The Bertz CT molecular complexity index is 693. The van der Waals surface area contributed by atoms with E-state index < -0.39 is 17.1 Å². The summed E-state index contributed by atoms with van der Waals surface area (Å²) in [5, 5.41) is 0.502. The van der Waals surface area contributed by atoms with Crippen LogP contribution in [0, 0.1) is 0 Å². The van der Waals surface area contributed by atoms with E-state index >= 15 is 0 Å². The topological polar surface area (TPSA) is 85.0 Å². The smallest absolute Gasteiger partial charge is 0.341 e. The Morgan fingerprint density at radius 3 is 2.71 bits per heavy atom. The molecule has 24 heavy (non-hydrogen) atoms. The van der Waals surface area contributed by atoms with Gasteiger partial charge in [0.2, 0.25) is 11.2 Å². The summed E-state index contributed by atoms with van der Waals surface area (Å²) < 4.78 is 23.4. The van der Waals surface area contributed by atoms with Crippen molar-refractivity contribution in [3.05, 3.63) is 45.0 Å². The molecule has 0 aromatic heterocycles. The maximum atomic E-state index is 12.1. The van der Waals surface area contributed by atoms with Crippen molar-refractivity contribution < 1.29 is 13.7 Å². The zero-order valence-electron chi connectivity index (χ0n) is 13.6. The average molecular weight is 437 g/mol. The highest BCUT2D eigenvalue weighted by atomic mass is 79.9. The molecule has 1 aromatic rings. The SMILES string of the molecule is CCOC(=O)C(=C/N)/C(Cc1cc(Br)ccc1Cl)=N/S(=O)N(C)C. The van der Waals surface area contributed by atoms with Gasteiger partial charge in [-0.25, -0.2) is 13.3 Å². The highest BCUT2D eigenvalue weighted by molar-refractivity contribution is 9.10. The van der Waals surface area contributed by atoms with Gasteiger partial charge in [-0.2, -0.15) is 4.40 Å². The number of carbonyl (C=O) groups is 1. The summed E-state index contributed by atoms with van der Waals surface area (Å²) >= 11 is 7.90. The first-order chi connectivity index (χ1) is 11.3. The van der Waals surface area contributed by atoms with Crippen LogP contribution in [0.4, 0.5) is 0 Å². The highest BCUT2D eigenvalue weighted by Gasteiger charge is 2.20. The molecule has 0 fully saturated rings. The molecule has 0 saturated heterocycles. The Balaban J connectivity index is 3.30. The molecule has 0 saturated carbocycles. The molecule has 1 rings (SSSR count). The van der Waals surface area contributed by atoms with Gasteiger partial charge in [0, 0.05) is 36.2 Å². The van der Waals surface area contributed by atoms with Crippen LogP contribution < -0.4 is 5.73 Å². The molecule has 0 aliphatic heterocycles. The molecule has 0 bridgehead atoms. The Hall–Kier alpha value is -1.22. The number of rotatable bonds is 7. The number of benzene rings is 1. The number of nitrogens with two attached hydrogens (primary N) is 1. The molecule has 0 radical (unpaired) electrons. The standard InChI is InChI=1S/C15H19BrClN3O3S/c1-4-23-15(21)12(9-18)14(19-24(22)20(2)3)8-10-7-11(16)5-6-13(10)17/h5-7,9H,4,8,18H2,1-3H3/b12-9+,19-14+. The van der Waals surface area contributed by atoms with Gasteiger partial charge in [0.25, 0.3) is 0 Å². The van der Waals surface area contributed by atoms with Gasteiger partial charge in [-0.1, -0.05) is 27.5 Å². The lowest BCUT2D eigenvalue weighted by atomic mass is 10.0. The number of carbonyl (C=O) groups excluding carboxylic acids is 1. The van der Waals surface area contributed by atoms with Crippen molar-refractivity contribution in [1.29, 1.82) is 0 Å². The molecule has 6 nitrogen and oxygen atoms in total. The van der Waals surface area contributed by atoms with E-state index in [0.717, 1.165) is 10.7 Å². The van der Waals surface area contributed by atoms with Crippen molar-refractivity contribution in [1.82, 2.24) is 4.31 Å². The summed E-state index contributed by atoms with van der Waals surface area (Å²) in [5.74, 6) is -0.624. The molecule has 0 aliphatic rings. The van der Waals surface area contributed by atoms with E-state index in [0.29, 0.717) is 10.6 Å². The summed E-state index contributed by atoms with van der Waals surface area (Å²) in [6.07, 6.45) is 1.29. The van der Waals surface area contributed by atoms with Crippen molar-refractivity contribution in [2.24, 2.45) is 10.1 Å². The second-order valence-corrected chi connectivity index (χ2v) is 7.49. The number of nitrogens with zero attached hydrogens (tertiary/aromatic N) is 2. The number of hydrogen-bond acceptors (Lipinski definition) is 4. The van der Waals surface area contributed by atoms with Crippen molar-refractivity contribution in [2.75, 3.05) is 20.7 Å². The van der Waals surface area contributed by atoms with Gasteiger partial charge in [0.05, 0.1) is 17.9 Å². The lowest BCUT2D eigenvalue weighted by molar-refractivity contribution is -0.137. The molecular weight excluding hydrogens is 418 g/mol. The fourth-order valence-corrected chi connectivity index (χ4v) is 2.81. The maximum Gasteiger partial charge on any atom is 0.341 e. The van der Waals surface area contributed by atoms with Crippen LogP contribution in [0.25, 0.3) is 0 Å². The van der Waals surface area contributed by atoms with E-state index in [9.17, 15) is 9.00 Å². The lowest BCUT2D eigenvalue weighted by Crippen LogP contribution is -2.22. The number of ether oxygens (including phenoxy) is 1. The predicted molar refractivity (Wildman–Crippen MR) is 101 cm³/mol. The largest absolute Gasteiger partial charge is 0.462 e. The quantitative estimate of drug-likeness (QED) is 0.404. The van der Waals surface area contributed by atoms with E-state index in [4.69, 9.17) is 22.1 Å². The molecule has 0 heterocycles. The summed E-state index contributed by atoms with van der Waals surface area (Å²) in [4.78, 5) is 12.1. The molecule has 1 aromatic carbocycles. The molecule has 0 spiro atoms. The second-order valence-electron chi connectivity index (χ2n) is 4.79. The van der Waals surface area contributed by atoms with Gasteiger partial charge in [-0.15, -0.1) is 0 Å².